The number of pyridine rings is 2. The second-order valence-electron chi connectivity index (χ2n) is 4.58. The van der Waals surface area contributed by atoms with Crippen molar-refractivity contribution in [1.82, 2.24) is 9.97 Å². The highest BCUT2D eigenvalue weighted by molar-refractivity contribution is 6.33. The molecule has 2 aromatic heterocycles. The molecule has 0 atom stereocenters. The fourth-order valence-electron chi connectivity index (χ4n) is 2.20. The molecule has 0 bridgehead atoms. The van der Waals surface area contributed by atoms with Crippen molar-refractivity contribution >= 4 is 33.9 Å². The SMILES string of the molecule is O=[N+]([O-])c1c(Cl)nc2ccccc2c1NCc1ccccn1. The Balaban J connectivity index is 2.09. The van der Waals surface area contributed by atoms with Crippen molar-refractivity contribution in [3.63, 3.8) is 0 Å². The van der Waals surface area contributed by atoms with Crippen LogP contribution in [0.5, 0.6) is 0 Å². The van der Waals surface area contributed by atoms with Crippen LogP contribution in [0, 0.1) is 10.1 Å². The molecule has 7 heteroatoms. The summed E-state index contributed by atoms with van der Waals surface area (Å²) in [6.07, 6.45) is 1.67. The van der Waals surface area contributed by atoms with E-state index < -0.39 is 4.92 Å². The average Bonchev–Trinajstić information content (AvgIpc) is 2.52. The van der Waals surface area contributed by atoms with Crippen molar-refractivity contribution in [2.24, 2.45) is 0 Å². The molecule has 0 fully saturated rings. The standard InChI is InChI=1S/C15H11ClN4O2/c16-15-14(20(21)22)13(11-6-1-2-7-12(11)19-15)18-9-10-5-3-4-8-17-10/h1-8H,9H2,(H,18,19). The highest BCUT2D eigenvalue weighted by Crippen LogP contribution is 2.37. The number of rotatable bonds is 4. The van der Waals surface area contributed by atoms with Crippen LogP contribution in [0.3, 0.4) is 0 Å². The first-order valence-corrected chi connectivity index (χ1v) is 6.91. The quantitative estimate of drug-likeness (QED) is 0.450. The van der Waals surface area contributed by atoms with Crippen molar-refractivity contribution in [2.75, 3.05) is 5.32 Å². The lowest BCUT2D eigenvalue weighted by Crippen LogP contribution is -2.06. The lowest BCUT2D eigenvalue weighted by molar-refractivity contribution is -0.384. The van der Waals surface area contributed by atoms with E-state index in [1.165, 1.54) is 0 Å². The van der Waals surface area contributed by atoms with Gasteiger partial charge in [-0.2, -0.15) is 0 Å². The number of aromatic nitrogens is 2. The molecule has 2 heterocycles. The number of halogens is 1. The molecule has 0 aliphatic carbocycles. The summed E-state index contributed by atoms with van der Waals surface area (Å²) >= 11 is 5.98. The van der Waals surface area contributed by atoms with Gasteiger partial charge >= 0.3 is 5.69 Å². The Kier molecular flexibility index (Phi) is 3.84. The summed E-state index contributed by atoms with van der Waals surface area (Å²) in [5, 5.41) is 14.9. The van der Waals surface area contributed by atoms with Gasteiger partial charge in [0.25, 0.3) is 0 Å². The molecule has 0 saturated heterocycles. The number of nitrogens with zero attached hydrogens (tertiary/aromatic N) is 3. The Bertz CT molecular complexity index is 840. The van der Waals surface area contributed by atoms with E-state index in [4.69, 9.17) is 11.6 Å². The third-order valence-corrected chi connectivity index (χ3v) is 3.44. The van der Waals surface area contributed by atoms with Gasteiger partial charge in [0.1, 0.15) is 5.69 Å². The van der Waals surface area contributed by atoms with Gasteiger partial charge in [-0.3, -0.25) is 15.1 Å². The zero-order valence-corrected chi connectivity index (χ0v) is 12.1. The average molecular weight is 315 g/mol. The summed E-state index contributed by atoms with van der Waals surface area (Å²) in [6, 6.07) is 12.6. The zero-order chi connectivity index (χ0) is 15.5. The third-order valence-electron chi connectivity index (χ3n) is 3.18. The molecule has 1 N–H and O–H groups in total. The predicted molar refractivity (Wildman–Crippen MR) is 85.0 cm³/mol. The van der Waals surface area contributed by atoms with Crippen molar-refractivity contribution in [1.29, 1.82) is 0 Å². The van der Waals surface area contributed by atoms with E-state index in [0.717, 1.165) is 5.69 Å². The summed E-state index contributed by atoms with van der Waals surface area (Å²) in [5.74, 6) is 0. The summed E-state index contributed by atoms with van der Waals surface area (Å²) in [7, 11) is 0. The second kappa shape index (κ2) is 5.95. The number of anilines is 1. The van der Waals surface area contributed by atoms with Gasteiger partial charge in [-0.15, -0.1) is 0 Å². The van der Waals surface area contributed by atoms with Crippen LogP contribution in [-0.2, 0) is 6.54 Å². The number of para-hydroxylation sites is 1. The topological polar surface area (TPSA) is 81.0 Å². The van der Waals surface area contributed by atoms with Gasteiger partial charge in [-0.1, -0.05) is 35.9 Å². The molecule has 0 unspecified atom stereocenters. The fourth-order valence-corrected chi connectivity index (χ4v) is 2.45. The van der Waals surface area contributed by atoms with Crippen LogP contribution in [0.2, 0.25) is 5.15 Å². The first-order chi connectivity index (χ1) is 10.7. The highest BCUT2D eigenvalue weighted by atomic mass is 35.5. The molecule has 0 aliphatic rings. The van der Waals surface area contributed by atoms with E-state index in [1.54, 1.807) is 30.5 Å². The molecule has 0 amide bonds. The summed E-state index contributed by atoms with van der Waals surface area (Å²) in [6.45, 7) is 0.353. The number of hydrogen-bond acceptors (Lipinski definition) is 5. The summed E-state index contributed by atoms with van der Waals surface area (Å²) in [4.78, 5) is 19.1. The van der Waals surface area contributed by atoms with E-state index in [1.807, 2.05) is 18.2 Å². The van der Waals surface area contributed by atoms with Crippen molar-refractivity contribution < 1.29 is 4.92 Å². The van der Waals surface area contributed by atoms with Gasteiger partial charge in [0.05, 0.1) is 22.7 Å². The molecule has 6 nitrogen and oxygen atoms in total. The van der Waals surface area contributed by atoms with E-state index in [0.29, 0.717) is 23.1 Å². The maximum atomic E-state index is 11.3. The van der Waals surface area contributed by atoms with Crippen molar-refractivity contribution in [3.8, 4) is 0 Å². The van der Waals surface area contributed by atoms with Gasteiger partial charge in [-0.25, -0.2) is 4.98 Å². The molecule has 0 radical (unpaired) electrons. The Labute approximate surface area is 130 Å². The van der Waals surface area contributed by atoms with Gasteiger partial charge < -0.3 is 5.32 Å². The minimum atomic E-state index is -0.525. The molecule has 0 aliphatic heterocycles. The predicted octanol–water partition coefficient (Wildman–Crippen LogP) is 3.80. The number of fused-ring (bicyclic) bond motifs is 1. The van der Waals surface area contributed by atoms with Crippen molar-refractivity contribution in [3.05, 3.63) is 69.6 Å². The number of nitrogens with one attached hydrogen (secondary N) is 1. The number of nitro groups is 1. The Morgan fingerprint density at radius 1 is 1.18 bits per heavy atom. The number of benzene rings is 1. The minimum Gasteiger partial charge on any atom is -0.373 e. The van der Waals surface area contributed by atoms with Crippen LogP contribution < -0.4 is 5.32 Å². The molecule has 22 heavy (non-hydrogen) atoms. The van der Waals surface area contributed by atoms with Gasteiger partial charge in [0.2, 0.25) is 5.15 Å². The monoisotopic (exact) mass is 314 g/mol. The van der Waals surface area contributed by atoms with E-state index in [-0.39, 0.29) is 10.8 Å². The van der Waals surface area contributed by atoms with E-state index in [9.17, 15) is 10.1 Å². The van der Waals surface area contributed by atoms with E-state index >= 15 is 0 Å². The van der Waals surface area contributed by atoms with Crippen LogP contribution in [0.25, 0.3) is 10.9 Å². The first-order valence-electron chi connectivity index (χ1n) is 6.53. The van der Waals surface area contributed by atoms with Crippen LogP contribution in [0.4, 0.5) is 11.4 Å². The summed E-state index contributed by atoms with van der Waals surface area (Å²) < 4.78 is 0. The maximum Gasteiger partial charge on any atom is 0.329 e. The molecule has 0 saturated carbocycles. The lowest BCUT2D eigenvalue weighted by Gasteiger charge is -2.10. The fraction of sp³-hybridized carbons (Fsp3) is 0.0667. The maximum absolute atomic E-state index is 11.3. The van der Waals surface area contributed by atoms with Crippen LogP contribution in [0.15, 0.2) is 48.7 Å². The van der Waals surface area contributed by atoms with Crippen LogP contribution in [0.1, 0.15) is 5.69 Å². The molecular weight excluding hydrogens is 304 g/mol. The van der Waals surface area contributed by atoms with Crippen molar-refractivity contribution in [2.45, 2.75) is 6.54 Å². The minimum absolute atomic E-state index is 0.132. The molecule has 1 aromatic carbocycles. The van der Waals surface area contributed by atoms with E-state index in [2.05, 4.69) is 15.3 Å². The molecule has 3 aromatic rings. The largest absolute Gasteiger partial charge is 0.373 e. The first kappa shape index (κ1) is 14.2. The number of hydrogen-bond donors (Lipinski definition) is 1. The molecule has 3 rings (SSSR count). The smallest absolute Gasteiger partial charge is 0.329 e. The second-order valence-corrected chi connectivity index (χ2v) is 4.93. The van der Waals surface area contributed by atoms with Gasteiger partial charge in [0.15, 0.2) is 0 Å². The zero-order valence-electron chi connectivity index (χ0n) is 11.4. The Hall–Kier alpha value is -2.73. The Morgan fingerprint density at radius 3 is 2.68 bits per heavy atom. The third kappa shape index (κ3) is 2.68. The molecule has 110 valence electrons. The van der Waals surface area contributed by atoms with Gasteiger partial charge in [-0.05, 0) is 18.2 Å². The van der Waals surface area contributed by atoms with Crippen LogP contribution >= 0.6 is 11.6 Å². The lowest BCUT2D eigenvalue weighted by atomic mass is 10.1. The summed E-state index contributed by atoms with van der Waals surface area (Å²) in [5.41, 5.74) is 1.50. The Morgan fingerprint density at radius 2 is 1.95 bits per heavy atom. The van der Waals surface area contributed by atoms with Crippen LogP contribution in [-0.4, -0.2) is 14.9 Å². The normalized spacial score (nSPS) is 10.6. The van der Waals surface area contributed by atoms with Gasteiger partial charge in [0, 0.05) is 11.6 Å². The molecule has 0 spiro atoms. The molecular formula is C15H11ClN4O2. The highest BCUT2D eigenvalue weighted by Gasteiger charge is 2.23.